The van der Waals surface area contributed by atoms with Crippen molar-refractivity contribution in [3.63, 3.8) is 0 Å². The van der Waals surface area contributed by atoms with Crippen LogP contribution < -0.4 is 0 Å². The Hall–Kier alpha value is -3.31. The van der Waals surface area contributed by atoms with E-state index in [9.17, 15) is 27.5 Å². The van der Waals surface area contributed by atoms with Crippen LogP contribution in [0.3, 0.4) is 0 Å². The number of aromatic nitrogens is 3. The van der Waals surface area contributed by atoms with E-state index in [1.54, 1.807) is 30.5 Å². The van der Waals surface area contributed by atoms with Gasteiger partial charge in [-0.05, 0) is 43.5 Å². The van der Waals surface area contributed by atoms with Crippen LogP contribution in [0.5, 0.6) is 0 Å². The number of aliphatic carboxylic acids is 1. The van der Waals surface area contributed by atoms with Crippen molar-refractivity contribution < 1.29 is 27.5 Å². The second-order valence-corrected chi connectivity index (χ2v) is 11.3. The Morgan fingerprint density at radius 2 is 1.94 bits per heavy atom. The number of sulfone groups is 1. The monoisotopic (exact) mass is 518 g/mol. The number of carbonyl (C=O) groups is 2. The second-order valence-electron chi connectivity index (χ2n) is 8.70. The Kier molecular flexibility index (Phi) is 5.64. The Morgan fingerprint density at radius 1 is 1.20 bits per heavy atom. The van der Waals surface area contributed by atoms with Crippen LogP contribution in [-0.4, -0.2) is 62.9 Å². The van der Waals surface area contributed by atoms with Gasteiger partial charge in [0, 0.05) is 25.1 Å². The van der Waals surface area contributed by atoms with Crippen molar-refractivity contribution in [2.24, 2.45) is 0 Å². The summed E-state index contributed by atoms with van der Waals surface area (Å²) in [5, 5.41) is 12.8. The summed E-state index contributed by atoms with van der Waals surface area (Å²) in [6.07, 6.45) is 4.61. The van der Waals surface area contributed by atoms with E-state index in [-0.39, 0.29) is 41.4 Å². The van der Waals surface area contributed by atoms with Gasteiger partial charge in [-0.3, -0.25) is 9.78 Å². The molecular weight excluding hydrogens is 499 g/mol. The van der Waals surface area contributed by atoms with Crippen LogP contribution in [0.15, 0.2) is 59.9 Å². The Bertz CT molecular complexity index is 1430. The van der Waals surface area contributed by atoms with Gasteiger partial charge >= 0.3 is 5.97 Å². The summed E-state index contributed by atoms with van der Waals surface area (Å²) in [5.41, 5.74) is -1.11. The SMILES string of the molecule is O=C(O)[C@@H]1C[C@@H](S(=O)(=O)c2ccccc2-n2cccn2)CN1C(=O)C1(c2ncc(Cl)cc2F)CC1. The summed E-state index contributed by atoms with van der Waals surface area (Å²) in [6, 6.07) is 7.61. The van der Waals surface area contributed by atoms with Crippen molar-refractivity contribution in [1.29, 1.82) is 0 Å². The van der Waals surface area contributed by atoms with E-state index in [2.05, 4.69) is 10.1 Å². The molecule has 2 fully saturated rings. The van der Waals surface area contributed by atoms with Crippen molar-refractivity contribution in [3.05, 3.63) is 71.5 Å². The van der Waals surface area contributed by atoms with Gasteiger partial charge in [-0.2, -0.15) is 5.10 Å². The van der Waals surface area contributed by atoms with Crippen molar-refractivity contribution in [2.75, 3.05) is 6.54 Å². The number of nitrogens with zero attached hydrogens (tertiary/aromatic N) is 4. The first-order chi connectivity index (χ1) is 16.6. The Balaban J connectivity index is 1.49. The van der Waals surface area contributed by atoms with Gasteiger partial charge in [-0.15, -0.1) is 0 Å². The van der Waals surface area contributed by atoms with Crippen molar-refractivity contribution in [1.82, 2.24) is 19.7 Å². The molecule has 1 aromatic carbocycles. The van der Waals surface area contributed by atoms with Gasteiger partial charge < -0.3 is 10.0 Å². The number of rotatable bonds is 6. The molecule has 0 spiro atoms. The fourth-order valence-electron chi connectivity index (χ4n) is 4.68. The molecule has 5 rings (SSSR count). The summed E-state index contributed by atoms with van der Waals surface area (Å²) in [6.45, 7) is -0.331. The molecule has 2 aliphatic rings. The van der Waals surface area contributed by atoms with Crippen LogP contribution in [0.2, 0.25) is 5.02 Å². The van der Waals surface area contributed by atoms with E-state index in [0.717, 1.165) is 11.0 Å². The predicted molar refractivity (Wildman–Crippen MR) is 122 cm³/mol. The summed E-state index contributed by atoms with van der Waals surface area (Å²) in [7, 11) is -4.06. The summed E-state index contributed by atoms with van der Waals surface area (Å²) in [5.74, 6) is -2.72. The van der Waals surface area contributed by atoms with Gasteiger partial charge in [-0.25, -0.2) is 22.3 Å². The van der Waals surface area contributed by atoms with E-state index in [1.807, 2.05) is 0 Å². The van der Waals surface area contributed by atoms with E-state index in [1.165, 1.54) is 23.1 Å². The third-order valence-electron chi connectivity index (χ3n) is 6.59. The Labute approximate surface area is 205 Å². The first kappa shape index (κ1) is 23.4. The van der Waals surface area contributed by atoms with Crippen LogP contribution in [-0.2, 0) is 24.8 Å². The number of benzene rings is 1. The predicted octanol–water partition coefficient (Wildman–Crippen LogP) is 2.62. The van der Waals surface area contributed by atoms with E-state index in [0.29, 0.717) is 5.69 Å². The van der Waals surface area contributed by atoms with Gasteiger partial charge in [-0.1, -0.05) is 23.7 Å². The van der Waals surface area contributed by atoms with Crippen LogP contribution in [0.1, 0.15) is 25.0 Å². The number of carbonyl (C=O) groups excluding carboxylic acids is 1. The van der Waals surface area contributed by atoms with Crippen molar-refractivity contribution in [3.8, 4) is 5.69 Å². The molecule has 3 heterocycles. The number of carboxylic acid groups (broad SMARTS) is 1. The molecule has 35 heavy (non-hydrogen) atoms. The normalized spacial score (nSPS) is 21.1. The highest BCUT2D eigenvalue weighted by Crippen LogP contribution is 2.51. The minimum absolute atomic E-state index is 0.0151. The minimum atomic E-state index is -4.06. The fourth-order valence-corrected chi connectivity index (χ4v) is 6.69. The van der Waals surface area contributed by atoms with E-state index >= 15 is 0 Å². The number of halogens is 2. The highest BCUT2D eigenvalue weighted by molar-refractivity contribution is 7.92. The van der Waals surface area contributed by atoms with Gasteiger partial charge in [0.15, 0.2) is 9.84 Å². The molecule has 1 aliphatic carbocycles. The molecule has 1 saturated heterocycles. The lowest BCUT2D eigenvalue weighted by molar-refractivity contribution is -0.149. The van der Waals surface area contributed by atoms with Gasteiger partial charge in [0.25, 0.3) is 0 Å². The standard InChI is InChI=1S/C23H20ClFN4O5S/c24-14-10-16(25)20(26-12-14)23(6-7-23)22(32)28-13-15(11-18(28)21(30)31)35(33,34)19-5-2-1-4-17(19)29-9-3-8-27-29/h1-5,8-10,12,15,18H,6-7,11,13H2,(H,30,31)/t15-,18+/m1/s1. The molecule has 1 saturated carbocycles. The molecule has 9 nitrogen and oxygen atoms in total. The van der Waals surface area contributed by atoms with Crippen molar-refractivity contribution >= 4 is 33.3 Å². The number of carboxylic acids is 1. The topological polar surface area (TPSA) is 122 Å². The lowest BCUT2D eigenvalue weighted by atomic mass is 9.98. The van der Waals surface area contributed by atoms with Crippen LogP contribution in [0, 0.1) is 5.82 Å². The fraction of sp³-hybridized carbons (Fsp3) is 0.304. The molecule has 182 valence electrons. The number of likely N-dealkylation sites (tertiary alicyclic amines) is 1. The highest BCUT2D eigenvalue weighted by Gasteiger charge is 2.59. The zero-order valence-corrected chi connectivity index (χ0v) is 19.8. The van der Waals surface area contributed by atoms with Crippen LogP contribution >= 0.6 is 11.6 Å². The third-order valence-corrected chi connectivity index (χ3v) is 8.98. The van der Waals surface area contributed by atoms with Crippen LogP contribution in [0.4, 0.5) is 4.39 Å². The average molecular weight is 519 g/mol. The lowest BCUT2D eigenvalue weighted by Crippen LogP contribution is -2.46. The van der Waals surface area contributed by atoms with Crippen molar-refractivity contribution in [2.45, 2.75) is 40.9 Å². The van der Waals surface area contributed by atoms with Gasteiger partial charge in [0.05, 0.1) is 32.0 Å². The highest BCUT2D eigenvalue weighted by atomic mass is 35.5. The molecular formula is C23H20ClFN4O5S. The average Bonchev–Trinajstić information content (AvgIpc) is 3.23. The zero-order chi connectivity index (χ0) is 25.0. The molecule has 2 atom stereocenters. The maximum Gasteiger partial charge on any atom is 0.326 e. The summed E-state index contributed by atoms with van der Waals surface area (Å²) < 4.78 is 43.3. The number of amides is 1. The summed E-state index contributed by atoms with van der Waals surface area (Å²) in [4.78, 5) is 30.7. The summed E-state index contributed by atoms with van der Waals surface area (Å²) >= 11 is 5.79. The lowest BCUT2D eigenvalue weighted by Gasteiger charge is -2.26. The minimum Gasteiger partial charge on any atom is -0.480 e. The third kappa shape index (κ3) is 3.88. The van der Waals surface area contributed by atoms with Gasteiger partial charge in [0.2, 0.25) is 5.91 Å². The number of pyridine rings is 1. The van der Waals surface area contributed by atoms with E-state index in [4.69, 9.17) is 11.6 Å². The zero-order valence-electron chi connectivity index (χ0n) is 18.2. The first-order valence-corrected chi connectivity index (χ1v) is 12.8. The first-order valence-electron chi connectivity index (χ1n) is 10.8. The van der Waals surface area contributed by atoms with E-state index < -0.39 is 44.2 Å². The molecule has 1 aliphatic heterocycles. The second kappa shape index (κ2) is 8.42. The molecule has 2 aromatic heterocycles. The molecule has 0 bridgehead atoms. The number of hydrogen-bond donors (Lipinski definition) is 1. The van der Waals surface area contributed by atoms with Crippen LogP contribution in [0.25, 0.3) is 5.69 Å². The van der Waals surface area contributed by atoms with Gasteiger partial charge in [0.1, 0.15) is 11.9 Å². The Morgan fingerprint density at radius 3 is 2.57 bits per heavy atom. The molecule has 0 radical (unpaired) electrons. The maximum absolute atomic E-state index is 14.6. The molecule has 12 heteroatoms. The number of para-hydroxylation sites is 1. The quantitative estimate of drug-likeness (QED) is 0.532. The maximum atomic E-state index is 14.6. The molecule has 1 N–H and O–H groups in total. The molecule has 3 aromatic rings. The number of hydrogen-bond acceptors (Lipinski definition) is 6. The molecule has 1 amide bonds. The smallest absolute Gasteiger partial charge is 0.326 e. The molecule has 0 unspecified atom stereocenters. The largest absolute Gasteiger partial charge is 0.480 e.